The van der Waals surface area contributed by atoms with Crippen LogP contribution in [0, 0.1) is 0 Å². The average molecular weight is 192 g/mol. The van der Waals surface area contributed by atoms with Gasteiger partial charge in [-0.25, -0.2) is 9.78 Å². The molecule has 0 amide bonds. The second kappa shape index (κ2) is 3.06. The molecule has 0 atom stereocenters. The molecule has 1 N–H and O–H groups in total. The topological polar surface area (TPSA) is 80.4 Å². The maximum Gasteiger partial charge on any atom is 0.355 e. The number of hydrogen-bond donors (Lipinski definition) is 1. The Morgan fingerprint density at radius 2 is 2.36 bits per heavy atom. The summed E-state index contributed by atoms with van der Waals surface area (Å²) in [6.45, 7) is 1.87. The second-order valence-electron chi connectivity index (χ2n) is 2.79. The van der Waals surface area contributed by atoms with Gasteiger partial charge in [0.1, 0.15) is 0 Å². The summed E-state index contributed by atoms with van der Waals surface area (Å²) >= 11 is 0. The first-order valence-corrected chi connectivity index (χ1v) is 4.15. The molecule has 0 fully saturated rings. The van der Waals surface area contributed by atoms with Crippen LogP contribution in [-0.2, 0) is 6.42 Å². The SMILES string of the molecule is CCc1cnc2cnnn2c1C(=O)O. The molecule has 2 rings (SSSR count). The van der Waals surface area contributed by atoms with Crippen LogP contribution in [0.25, 0.3) is 5.65 Å². The van der Waals surface area contributed by atoms with Crippen molar-refractivity contribution >= 4 is 11.6 Å². The standard InChI is InChI=1S/C8H8N4O2/c1-2-5-3-9-6-4-10-11-12(6)7(5)8(13)14/h3-4H,2H2,1H3,(H,13,14). The van der Waals surface area contributed by atoms with E-state index in [0.29, 0.717) is 17.6 Å². The van der Waals surface area contributed by atoms with E-state index >= 15 is 0 Å². The highest BCUT2D eigenvalue weighted by Gasteiger charge is 2.15. The van der Waals surface area contributed by atoms with Crippen LogP contribution >= 0.6 is 0 Å². The van der Waals surface area contributed by atoms with Crippen LogP contribution in [0.5, 0.6) is 0 Å². The number of hydrogen-bond acceptors (Lipinski definition) is 4. The Balaban J connectivity index is 2.82. The number of aromatic carboxylic acids is 1. The number of fused-ring (bicyclic) bond motifs is 1. The predicted octanol–water partition coefficient (Wildman–Crippen LogP) is 0.385. The van der Waals surface area contributed by atoms with E-state index in [0.717, 1.165) is 0 Å². The van der Waals surface area contributed by atoms with E-state index in [1.807, 2.05) is 6.92 Å². The van der Waals surface area contributed by atoms with Crippen molar-refractivity contribution in [2.45, 2.75) is 13.3 Å². The van der Waals surface area contributed by atoms with Gasteiger partial charge >= 0.3 is 5.97 Å². The largest absolute Gasteiger partial charge is 0.476 e. The Bertz CT molecular complexity index is 491. The smallest absolute Gasteiger partial charge is 0.355 e. The molecule has 0 bridgehead atoms. The van der Waals surface area contributed by atoms with Crippen LogP contribution in [0.2, 0.25) is 0 Å². The van der Waals surface area contributed by atoms with Crippen LogP contribution in [0.1, 0.15) is 23.0 Å². The summed E-state index contributed by atoms with van der Waals surface area (Å²) in [5.74, 6) is -1.01. The minimum atomic E-state index is -1.01. The van der Waals surface area contributed by atoms with E-state index in [-0.39, 0.29) is 5.69 Å². The monoisotopic (exact) mass is 192 g/mol. The van der Waals surface area contributed by atoms with Gasteiger partial charge in [0, 0.05) is 11.8 Å². The summed E-state index contributed by atoms with van der Waals surface area (Å²) in [5.41, 5.74) is 1.23. The van der Waals surface area contributed by atoms with Gasteiger partial charge in [-0.1, -0.05) is 12.1 Å². The molecule has 72 valence electrons. The summed E-state index contributed by atoms with van der Waals surface area (Å²) in [6.07, 6.45) is 3.57. The average Bonchev–Trinajstić information content (AvgIpc) is 2.62. The first kappa shape index (κ1) is 8.61. The van der Waals surface area contributed by atoms with Gasteiger partial charge in [0.2, 0.25) is 0 Å². The van der Waals surface area contributed by atoms with Gasteiger partial charge in [-0.3, -0.25) is 0 Å². The van der Waals surface area contributed by atoms with Crippen molar-refractivity contribution in [1.82, 2.24) is 19.8 Å². The van der Waals surface area contributed by atoms with Crippen molar-refractivity contribution in [2.75, 3.05) is 0 Å². The molecule has 0 aliphatic heterocycles. The van der Waals surface area contributed by atoms with E-state index in [1.54, 1.807) is 6.20 Å². The van der Waals surface area contributed by atoms with Crippen molar-refractivity contribution in [3.05, 3.63) is 23.7 Å². The Kier molecular flexibility index (Phi) is 1.88. The van der Waals surface area contributed by atoms with E-state index in [4.69, 9.17) is 5.11 Å². The van der Waals surface area contributed by atoms with Gasteiger partial charge in [-0.05, 0) is 6.42 Å². The molecule has 0 unspecified atom stereocenters. The third-order valence-electron chi connectivity index (χ3n) is 1.98. The molecular weight excluding hydrogens is 184 g/mol. The first-order valence-electron chi connectivity index (χ1n) is 4.15. The minimum Gasteiger partial charge on any atom is -0.476 e. The summed E-state index contributed by atoms with van der Waals surface area (Å²) in [6, 6.07) is 0. The fraction of sp³-hybridized carbons (Fsp3) is 0.250. The molecule has 0 radical (unpaired) electrons. The van der Waals surface area contributed by atoms with Gasteiger partial charge in [-0.15, -0.1) is 5.10 Å². The zero-order valence-corrected chi connectivity index (χ0v) is 7.51. The molecule has 2 aromatic heterocycles. The second-order valence-corrected chi connectivity index (χ2v) is 2.79. The Morgan fingerprint density at radius 1 is 1.57 bits per heavy atom. The Morgan fingerprint density at radius 3 is 3.00 bits per heavy atom. The number of aromatic nitrogens is 4. The maximum absolute atomic E-state index is 11.0. The highest BCUT2D eigenvalue weighted by molar-refractivity contribution is 5.87. The lowest BCUT2D eigenvalue weighted by atomic mass is 10.2. The van der Waals surface area contributed by atoms with Gasteiger partial charge < -0.3 is 5.11 Å². The highest BCUT2D eigenvalue weighted by atomic mass is 16.4. The molecule has 0 saturated carbocycles. The molecule has 6 heteroatoms. The predicted molar refractivity (Wildman–Crippen MR) is 47.1 cm³/mol. The third-order valence-corrected chi connectivity index (χ3v) is 1.98. The van der Waals surface area contributed by atoms with Gasteiger partial charge in [0.25, 0.3) is 0 Å². The van der Waals surface area contributed by atoms with Gasteiger partial charge in [0.15, 0.2) is 11.3 Å². The molecule has 0 aliphatic carbocycles. The normalized spacial score (nSPS) is 10.6. The van der Waals surface area contributed by atoms with Crippen LogP contribution in [-0.4, -0.2) is 30.9 Å². The fourth-order valence-corrected chi connectivity index (χ4v) is 1.30. The summed E-state index contributed by atoms with van der Waals surface area (Å²) < 4.78 is 1.24. The van der Waals surface area contributed by atoms with Crippen molar-refractivity contribution in [3.63, 3.8) is 0 Å². The molecule has 0 spiro atoms. The van der Waals surface area contributed by atoms with Gasteiger partial charge in [0.05, 0.1) is 6.20 Å². The number of carboxylic acid groups (broad SMARTS) is 1. The molecule has 2 aromatic rings. The van der Waals surface area contributed by atoms with E-state index < -0.39 is 5.97 Å². The van der Waals surface area contributed by atoms with Gasteiger partial charge in [-0.2, -0.15) is 4.52 Å². The summed E-state index contributed by atoms with van der Waals surface area (Å²) in [7, 11) is 0. The lowest BCUT2D eigenvalue weighted by molar-refractivity contribution is 0.0685. The zero-order chi connectivity index (χ0) is 10.1. The fourth-order valence-electron chi connectivity index (χ4n) is 1.30. The van der Waals surface area contributed by atoms with Crippen molar-refractivity contribution in [3.8, 4) is 0 Å². The molecule has 6 nitrogen and oxygen atoms in total. The third kappa shape index (κ3) is 1.12. The minimum absolute atomic E-state index is 0.134. The molecule has 0 aliphatic rings. The van der Waals surface area contributed by atoms with Crippen molar-refractivity contribution in [1.29, 1.82) is 0 Å². The number of carboxylic acids is 1. The lowest BCUT2D eigenvalue weighted by Gasteiger charge is -2.03. The van der Waals surface area contributed by atoms with E-state index in [2.05, 4.69) is 15.3 Å². The number of nitrogens with zero attached hydrogens (tertiary/aromatic N) is 4. The highest BCUT2D eigenvalue weighted by Crippen LogP contribution is 2.09. The first-order chi connectivity index (χ1) is 6.74. The van der Waals surface area contributed by atoms with Crippen LogP contribution < -0.4 is 0 Å². The lowest BCUT2D eigenvalue weighted by Crippen LogP contribution is -2.11. The summed E-state index contributed by atoms with van der Waals surface area (Å²) in [4.78, 5) is 15.0. The quantitative estimate of drug-likeness (QED) is 0.744. The number of aryl methyl sites for hydroxylation is 1. The summed E-state index contributed by atoms with van der Waals surface area (Å²) in [5, 5.41) is 16.3. The number of rotatable bonds is 2. The molecule has 0 saturated heterocycles. The molecule has 14 heavy (non-hydrogen) atoms. The van der Waals surface area contributed by atoms with Crippen LogP contribution in [0.15, 0.2) is 12.4 Å². The Labute approximate surface area is 79.2 Å². The maximum atomic E-state index is 11.0. The number of carbonyl (C=O) groups is 1. The molecular formula is C8H8N4O2. The molecule has 2 heterocycles. The van der Waals surface area contributed by atoms with E-state index in [1.165, 1.54) is 10.7 Å². The molecule has 0 aromatic carbocycles. The zero-order valence-electron chi connectivity index (χ0n) is 7.51. The van der Waals surface area contributed by atoms with Crippen LogP contribution in [0.4, 0.5) is 0 Å². The van der Waals surface area contributed by atoms with Crippen LogP contribution in [0.3, 0.4) is 0 Å². The Hall–Kier alpha value is -1.98. The van der Waals surface area contributed by atoms with Crippen molar-refractivity contribution < 1.29 is 9.90 Å². The van der Waals surface area contributed by atoms with E-state index in [9.17, 15) is 4.79 Å². The van der Waals surface area contributed by atoms with Crippen molar-refractivity contribution in [2.24, 2.45) is 0 Å².